The Morgan fingerprint density at radius 2 is 1.94 bits per heavy atom. The molecule has 0 aliphatic heterocycles. The average molecular weight is 284 g/mol. The van der Waals surface area contributed by atoms with Gasteiger partial charge in [0.2, 0.25) is 0 Å². The molecule has 1 aromatic carbocycles. The minimum absolute atomic E-state index is 0.149. The van der Waals surface area contributed by atoms with Crippen molar-refractivity contribution in [3.05, 3.63) is 33.8 Å². The highest BCUT2D eigenvalue weighted by atomic mass is 79.9. The van der Waals surface area contributed by atoms with Crippen molar-refractivity contribution in [2.45, 2.75) is 46.6 Å². The molecule has 0 saturated carbocycles. The number of halogens is 1. The van der Waals surface area contributed by atoms with Crippen molar-refractivity contribution >= 4 is 15.9 Å². The SMILES string of the molecule is Cc1ccc(C(N)CCC(C)(C)C)cc1Br. The first-order valence-electron chi connectivity index (χ1n) is 5.81. The van der Waals surface area contributed by atoms with E-state index in [1.54, 1.807) is 0 Å². The predicted octanol–water partition coefficient (Wildman–Crippen LogP) is 4.58. The Labute approximate surface area is 108 Å². The Bertz CT molecular complexity index is 352. The second kappa shape index (κ2) is 5.33. The molecule has 2 heteroatoms. The molecule has 90 valence electrons. The van der Waals surface area contributed by atoms with E-state index in [0.29, 0.717) is 5.41 Å². The first-order valence-corrected chi connectivity index (χ1v) is 6.60. The van der Waals surface area contributed by atoms with Crippen LogP contribution in [0.1, 0.15) is 50.8 Å². The Hall–Kier alpha value is -0.340. The van der Waals surface area contributed by atoms with Crippen molar-refractivity contribution < 1.29 is 0 Å². The molecule has 16 heavy (non-hydrogen) atoms. The predicted molar refractivity (Wildman–Crippen MR) is 74.5 cm³/mol. The van der Waals surface area contributed by atoms with E-state index in [1.165, 1.54) is 11.1 Å². The number of hydrogen-bond acceptors (Lipinski definition) is 1. The van der Waals surface area contributed by atoms with Gasteiger partial charge in [0.15, 0.2) is 0 Å². The first-order chi connectivity index (χ1) is 7.29. The molecule has 1 unspecified atom stereocenters. The first kappa shape index (κ1) is 13.7. The van der Waals surface area contributed by atoms with E-state index >= 15 is 0 Å². The lowest BCUT2D eigenvalue weighted by Crippen LogP contribution is -2.14. The van der Waals surface area contributed by atoms with E-state index in [1.807, 2.05) is 0 Å². The summed E-state index contributed by atoms with van der Waals surface area (Å²) in [5, 5.41) is 0. The highest BCUT2D eigenvalue weighted by Gasteiger charge is 2.14. The fraction of sp³-hybridized carbons (Fsp3) is 0.571. The molecule has 0 aromatic heterocycles. The molecule has 0 bridgehead atoms. The molecule has 1 atom stereocenters. The lowest BCUT2D eigenvalue weighted by molar-refractivity contribution is 0.350. The van der Waals surface area contributed by atoms with Crippen LogP contribution in [0.2, 0.25) is 0 Å². The van der Waals surface area contributed by atoms with Gasteiger partial charge in [0, 0.05) is 10.5 Å². The van der Waals surface area contributed by atoms with Gasteiger partial charge in [0.1, 0.15) is 0 Å². The van der Waals surface area contributed by atoms with Crippen molar-refractivity contribution in [2.75, 3.05) is 0 Å². The quantitative estimate of drug-likeness (QED) is 0.863. The van der Waals surface area contributed by atoms with E-state index in [4.69, 9.17) is 5.73 Å². The molecule has 0 aliphatic rings. The van der Waals surface area contributed by atoms with Gasteiger partial charge in [-0.05, 0) is 42.4 Å². The molecule has 1 rings (SSSR count). The van der Waals surface area contributed by atoms with E-state index in [2.05, 4.69) is 61.8 Å². The highest BCUT2D eigenvalue weighted by Crippen LogP contribution is 2.28. The van der Waals surface area contributed by atoms with Gasteiger partial charge < -0.3 is 5.73 Å². The molecule has 0 heterocycles. The summed E-state index contributed by atoms with van der Waals surface area (Å²) in [6.45, 7) is 8.86. The number of nitrogens with two attached hydrogens (primary N) is 1. The molecule has 0 spiro atoms. The maximum Gasteiger partial charge on any atom is 0.0295 e. The standard InChI is InChI=1S/C14H22BrN/c1-10-5-6-11(9-12(10)15)13(16)7-8-14(2,3)4/h5-6,9,13H,7-8,16H2,1-4H3. The van der Waals surface area contributed by atoms with Crippen LogP contribution in [-0.2, 0) is 0 Å². The second-order valence-corrected chi connectivity index (χ2v) is 6.57. The zero-order valence-electron chi connectivity index (χ0n) is 10.7. The van der Waals surface area contributed by atoms with Crippen LogP contribution in [-0.4, -0.2) is 0 Å². The summed E-state index contributed by atoms with van der Waals surface area (Å²) >= 11 is 3.55. The van der Waals surface area contributed by atoms with Crippen LogP contribution < -0.4 is 5.73 Å². The van der Waals surface area contributed by atoms with Gasteiger partial charge >= 0.3 is 0 Å². The maximum atomic E-state index is 6.20. The van der Waals surface area contributed by atoms with Gasteiger partial charge in [-0.25, -0.2) is 0 Å². The van der Waals surface area contributed by atoms with Crippen LogP contribution in [0.4, 0.5) is 0 Å². The molecule has 0 aliphatic carbocycles. The van der Waals surface area contributed by atoms with E-state index in [9.17, 15) is 0 Å². The van der Waals surface area contributed by atoms with Crippen LogP contribution in [0.25, 0.3) is 0 Å². The number of hydrogen-bond donors (Lipinski definition) is 1. The van der Waals surface area contributed by atoms with Crippen molar-refractivity contribution in [1.29, 1.82) is 0 Å². The molecule has 1 aromatic rings. The molecule has 0 amide bonds. The molecule has 1 nitrogen and oxygen atoms in total. The fourth-order valence-corrected chi connectivity index (χ4v) is 1.99. The van der Waals surface area contributed by atoms with Crippen LogP contribution in [0, 0.1) is 12.3 Å². The van der Waals surface area contributed by atoms with Crippen LogP contribution in [0.3, 0.4) is 0 Å². The van der Waals surface area contributed by atoms with Crippen LogP contribution >= 0.6 is 15.9 Å². The second-order valence-electron chi connectivity index (χ2n) is 5.71. The Kier molecular flexibility index (Phi) is 4.57. The van der Waals surface area contributed by atoms with Crippen LogP contribution in [0.5, 0.6) is 0 Å². The Balaban J connectivity index is 2.66. The van der Waals surface area contributed by atoms with Gasteiger partial charge in [-0.1, -0.05) is 48.8 Å². The van der Waals surface area contributed by atoms with E-state index in [-0.39, 0.29) is 6.04 Å². The molecule has 0 fully saturated rings. The average Bonchev–Trinajstić information content (AvgIpc) is 2.17. The molecular weight excluding hydrogens is 262 g/mol. The van der Waals surface area contributed by atoms with Gasteiger partial charge in [0.25, 0.3) is 0 Å². The van der Waals surface area contributed by atoms with Gasteiger partial charge in [-0.3, -0.25) is 0 Å². The van der Waals surface area contributed by atoms with Crippen molar-refractivity contribution in [3.8, 4) is 0 Å². The monoisotopic (exact) mass is 283 g/mol. The number of benzene rings is 1. The molecule has 2 N–H and O–H groups in total. The normalized spacial score (nSPS) is 13.9. The largest absolute Gasteiger partial charge is 0.324 e. The fourth-order valence-electron chi connectivity index (χ4n) is 1.59. The lowest BCUT2D eigenvalue weighted by atomic mass is 9.87. The topological polar surface area (TPSA) is 26.0 Å². The third-order valence-corrected chi connectivity index (χ3v) is 3.68. The number of aryl methyl sites for hydroxylation is 1. The number of rotatable bonds is 3. The maximum absolute atomic E-state index is 6.20. The lowest BCUT2D eigenvalue weighted by Gasteiger charge is -2.21. The Morgan fingerprint density at radius 3 is 2.44 bits per heavy atom. The van der Waals surface area contributed by atoms with Crippen molar-refractivity contribution in [1.82, 2.24) is 0 Å². The summed E-state index contributed by atoms with van der Waals surface area (Å²) in [6, 6.07) is 6.54. The summed E-state index contributed by atoms with van der Waals surface area (Å²) in [5.74, 6) is 0. The summed E-state index contributed by atoms with van der Waals surface area (Å²) in [7, 11) is 0. The summed E-state index contributed by atoms with van der Waals surface area (Å²) in [4.78, 5) is 0. The molecule has 0 saturated heterocycles. The smallest absolute Gasteiger partial charge is 0.0295 e. The van der Waals surface area contributed by atoms with E-state index < -0.39 is 0 Å². The minimum Gasteiger partial charge on any atom is -0.324 e. The van der Waals surface area contributed by atoms with Crippen LogP contribution in [0.15, 0.2) is 22.7 Å². The zero-order chi connectivity index (χ0) is 12.3. The third-order valence-electron chi connectivity index (χ3n) is 2.83. The minimum atomic E-state index is 0.149. The summed E-state index contributed by atoms with van der Waals surface area (Å²) in [5.41, 5.74) is 9.04. The van der Waals surface area contributed by atoms with Crippen molar-refractivity contribution in [3.63, 3.8) is 0 Å². The van der Waals surface area contributed by atoms with Crippen molar-refractivity contribution in [2.24, 2.45) is 11.1 Å². The summed E-state index contributed by atoms with van der Waals surface area (Å²) < 4.78 is 1.15. The summed E-state index contributed by atoms with van der Waals surface area (Å²) in [6.07, 6.45) is 2.19. The van der Waals surface area contributed by atoms with Gasteiger partial charge in [-0.2, -0.15) is 0 Å². The molecule has 0 radical (unpaired) electrons. The Morgan fingerprint density at radius 1 is 1.31 bits per heavy atom. The third kappa shape index (κ3) is 4.26. The highest BCUT2D eigenvalue weighted by molar-refractivity contribution is 9.10. The zero-order valence-corrected chi connectivity index (χ0v) is 12.3. The van der Waals surface area contributed by atoms with Gasteiger partial charge in [0.05, 0.1) is 0 Å². The molecular formula is C14H22BrN. The van der Waals surface area contributed by atoms with E-state index in [0.717, 1.165) is 17.3 Å². The van der Waals surface area contributed by atoms with Gasteiger partial charge in [-0.15, -0.1) is 0 Å².